The van der Waals surface area contributed by atoms with Gasteiger partial charge >= 0.3 is 0 Å². The van der Waals surface area contributed by atoms with Crippen LogP contribution in [0.3, 0.4) is 0 Å². The van der Waals surface area contributed by atoms with Crippen molar-refractivity contribution in [2.45, 2.75) is 30.6 Å². The molecule has 0 fully saturated rings. The monoisotopic (exact) mass is 416 g/mol. The molecule has 2 aliphatic rings. The number of fused-ring (bicyclic) bond motifs is 5. The first-order valence-corrected chi connectivity index (χ1v) is 9.92. The molecule has 0 spiro atoms. The molecule has 1 N–H and O–H groups in total. The predicted molar refractivity (Wildman–Crippen MR) is 106 cm³/mol. The second-order valence-corrected chi connectivity index (χ2v) is 8.36. The van der Waals surface area contributed by atoms with E-state index in [0.717, 1.165) is 23.4 Å². The van der Waals surface area contributed by atoms with Crippen molar-refractivity contribution in [1.82, 2.24) is 9.78 Å². The van der Waals surface area contributed by atoms with Gasteiger partial charge < -0.3 is 4.74 Å². The molecule has 1 aliphatic heterocycles. The fourth-order valence-electron chi connectivity index (χ4n) is 5.09. The summed E-state index contributed by atoms with van der Waals surface area (Å²) in [6.07, 6.45) is 1.61. The average molecular weight is 417 g/mol. The predicted octanol–water partition coefficient (Wildman–Crippen LogP) is 4.25. The lowest BCUT2D eigenvalue weighted by Crippen LogP contribution is -2.48. The number of ether oxygens (including phenoxy) is 1. The summed E-state index contributed by atoms with van der Waals surface area (Å²) in [5.74, 6) is -1.50. The van der Waals surface area contributed by atoms with Crippen LogP contribution in [0.15, 0.2) is 41.2 Å². The molecule has 2 atom stereocenters. The number of hydrogen-bond acceptors (Lipinski definition) is 2. The molecular formula is C22H19ClF2N2O2. The highest BCUT2D eigenvalue weighted by molar-refractivity contribution is 6.30. The smallest absolute Gasteiger partial charge is 0.270 e. The summed E-state index contributed by atoms with van der Waals surface area (Å²) < 4.78 is 36.9. The topological polar surface area (TPSA) is 47.0 Å². The SMILES string of the molecule is Cn1[nH]c2c(c1=O)[C@@H]1COc3c(F)ccc(F)c3[C@]1(Cc1ccc(Cl)cc1)CC2. The van der Waals surface area contributed by atoms with Gasteiger partial charge in [0.2, 0.25) is 0 Å². The fraction of sp³-hybridized carbons (Fsp3) is 0.318. The molecule has 1 aliphatic carbocycles. The summed E-state index contributed by atoms with van der Waals surface area (Å²) in [5.41, 5.74) is 1.72. The molecule has 29 heavy (non-hydrogen) atoms. The van der Waals surface area contributed by atoms with Gasteiger partial charge in [-0.3, -0.25) is 14.6 Å². The Kier molecular flexibility index (Phi) is 4.10. The highest BCUT2D eigenvalue weighted by Gasteiger charge is 2.52. The van der Waals surface area contributed by atoms with Gasteiger partial charge in [0.15, 0.2) is 11.6 Å². The number of H-pyrrole nitrogens is 1. The highest BCUT2D eigenvalue weighted by Crippen LogP contribution is 2.55. The Morgan fingerprint density at radius 1 is 1.21 bits per heavy atom. The first-order chi connectivity index (χ1) is 13.9. The maximum Gasteiger partial charge on any atom is 0.270 e. The number of nitrogens with zero attached hydrogens (tertiary/aromatic N) is 1. The van der Waals surface area contributed by atoms with E-state index in [0.29, 0.717) is 29.8 Å². The van der Waals surface area contributed by atoms with Crippen LogP contribution in [0.5, 0.6) is 5.75 Å². The minimum Gasteiger partial charge on any atom is -0.489 e. The van der Waals surface area contributed by atoms with Gasteiger partial charge in [-0.05, 0) is 49.1 Å². The maximum atomic E-state index is 15.2. The molecule has 2 heterocycles. The molecular weight excluding hydrogens is 398 g/mol. The van der Waals surface area contributed by atoms with Gasteiger partial charge in [-0.25, -0.2) is 8.78 Å². The Morgan fingerprint density at radius 2 is 1.93 bits per heavy atom. The van der Waals surface area contributed by atoms with Gasteiger partial charge in [-0.15, -0.1) is 0 Å². The molecule has 4 nitrogen and oxygen atoms in total. The van der Waals surface area contributed by atoms with Crippen LogP contribution in [0.25, 0.3) is 0 Å². The van der Waals surface area contributed by atoms with E-state index >= 15 is 4.39 Å². The summed E-state index contributed by atoms with van der Waals surface area (Å²) in [6.45, 7) is 0.126. The van der Waals surface area contributed by atoms with Crippen molar-refractivity contribution in [2.24, 2.45) is 7.05 Å². The quantitative estimate of drug-likeness (QED) is 0.679. The van der Waals surface area contributed by atoms with E-state index in [1.54, 1.807) is 19.2 Å². The number of hydrogen-bond donors (Lipinski definition) is 1. The molecule has 7 heteroatoms. The molecule has 0 unspecified atom stereocenters. The van der Waals surface area contributed by atoms with Gasteiger partial charge in [-0.1, -0.05) is 23.7 Å². The van der Waals surface area contributed by atoms with Crippen LogP contribution in [0.1, 0.15) is 34.7 Å². The van der Waals surface area contributed by atoms with Crippen molar-refractivity contribution in [2.75, 3.05) is 6.61 Å². The highest BCUT2D eigenvalue weighted by atomic mass is 35.5. The van der Waals surface area contributed by atoms with E-state index in [2.05, 4.69) is 5.10 Å². The molecule has 2 aromatic carbocycles. The Hall–Kier alpha value is -2.60. The van der Waals surface area contributed by atoms with Gasteiger partial charge in [0.05, 0.1) is 6.61 Å². The van der Waals surface area contributed by atoms with Gasteiger partial charge in [-0.2, -0.15) is 0 Å². The summed E-state index contributed by atoms with van der Waals surface area (Å²) in [5, 5.41) is 3.71. The van der Waals surface area contributed by atoms with Gasteiger partial charge in [0.1, 0.15) is 5.82 Å². The standard InChI is InChI=1S/C22H19ClF2N2O2/c1-27-21(28)18-14-11-29-20-16(25)7-6-15(24)19(20)22(14,9-8-17(18)26-27)10-12-2-4-13(23)5-3-12/h2-7,14,26H,8-11H2,1H3/t14-,22-/m0/s1. The van der Waals surface area contributed by atoms with E-state index in [9.17, 15) is 9.18 Å². The minimum absolute atomic E-state index is 0.0361. The van der Waals surface area contributed by atoms with Crippen molar-refractivity contribution >= 4 is 11.6 Å². The molecule has 0 saturated heterocycles. The Balaban J connectivity index is 1.76. The van der Waals surface area contributed by atoms with Crippen LogP contribution in [-0.2, 0) is 25.3 Å². The van der Waals surface area contributed by atoms with Crippen LogP contribution in [0, 0.1) is 11.6 Å². The Morgan fingerprint density at radius 3 is 2.69 bits per heavy atom. The third kappa shape index (κ3) is 2.65. The molecule has 0 saturated carbocycles. The maximum absolute atomic E-state index is 15.2. The number of rotatable bonds is 2. The first-order valence-electron chi connectivity index (χ1n) is 9.54. The second-order valence-electron chi connectivity index (χ2n) is 7.92. The Labute approximate surface area is 171 Å². The van der Waals surface area contributed by atoms with Crippen LogP contribution >= 0.6 is 11.6 Å². The number of halogens is 3. The zero-order valence-corrected chi connectivity index (χ0v) is 16.5. The lowest BCUT2D eigenvalue weighted by atomic mass is 9.58. The molecule has 150 valence electrons. The summed E-state index contributed by atoms with van der Waals surface area (Å²) in [4.78, 5) is 12.9. The van der Waals surface area contributed by atoms with Crippen molar-refractivity contribution in [3.63, 3.8) is 0 Å². The van der Waals surface area contributed by atoms with Crippen molar-refractivity contribution in [3.05, 3.63) is 85.8 Å². The van der Waals surface area contributed by atoms with Gasteiger partial charge in [0.25, 0.3) is 5.56 Å². The number of aromatic amines is 1. The summed E-state index contributed by atoms with van der Waals surface area (Å²) in [6, 6.07) is 9.60. The average Bonchev–Trinajstić information content (AvgIpc) is 3.00. The molecule has 5 rings (SSSR count). The zero-order chi connectivity index (χ0) is 20.3. The van der Waals surface area contributed by atoms with Crippen LogP contribution < -0.4 is 10.3 Å². The second kappa shape index (κ2) is 6.46. The van der Waals surface area contributed by atoms with E-state index in [-0.39, 0.29) is 29.4 Å². The number of nitrogens with one attached hydrogen (secondary N) is 1. The van der Waals surface area contributed by atoms with Crippen LogP contribution in [0.4, 0.5) is 8.78 Å². The van der Waals surface area contributed by atoms with E-state index < -0.39 is 17.0 Å². The van der Waals surface area contributed by atoms with Crippen LogP contribution in [0.2, 0.25) is 5.02 Å². The Bertz CT molecular complexity index is 1170. The van der Waals surface area contributed by atoms with E-state index in [1.807, 2.05) is 12.1 Å². The molecule has 3 aromatic rings. The fourth-order valence-corrected chi connectivity index (χ4v) is 5.21. The number of aromatic nitrogens is 2. The number of benzene rings is 2. The van der Waals surface area contributed by atoms with E-state index in [4.69, 9.17) is 16.3 Å². The van der Waals surface area contributed by atoms with Gasteiger partial charge in [0, 0.05) is 40.2 Å². The van der Waals surface area contributed by atoms with Crippen LogP contribution in [-0.4, -0.2) is 16.4 Å². The normalized spacial score (nSPS) is 22.4. The third-order valence-corrected chi connectivity index (χ3v) is 6.64. The lowest BCUT2D eigenvalue weighted by Gasteiger charge is -2.47. The largest absolute Gasteiger partial charge is 0.489 e. The number of aryl methyl sites for hydroxylation is 2. The molecule has 0 radical (unpaired) electrons. The minimum atomic E-state index is -0.783. The third-order valence-electron chi connectivity index (χ3n) is 6.38. The van der Waals surface area contributed by atoms with Crippen molar-refractivity contribution in [3.8, 4) is 5.75 Å². The van der Waals surface area contributed by atoms with Crippen molar-refractivity contribution in [1.29, 1.82) is 0 Å². The lowest BCUT2D eigenvalue weighted by molar-refractivity contribution is 0.147. The molecule has 0 amide bonds. The first kappa shape index (κ1) is 18.4. The zero-order valence-electron chi connectivity index (χ0n) is 15.8. The molecule has 0 bridgehead atoms. The van der Waals surface area contributed by atoms with Crippen molar-refractivity contribution < 1.29 is 13.5 Å². The summed E-state index contributed by atoms with van der Waals surface area (Å²) in [7, 11) is 1.67. The van der Waals surface area contributed by atoms with E-state index in [1.165, 1.54) is 4.68 Å². The summed E-state index contributed by atoms with van der Waals surface area (Å²) >= 11 is 6.03. The molecule has 1 aromatic heterocycles.